The second kappa shape index (κ2) is 2.99. The van der Waals surface area contributed by atoms with Gasteiger partial charge in [0.05, 0.1) is 6.04 Å². The van der Waals surface area contributed by atoms with E-state index in [4.69, 9.17) is 4.74 Å². The predicted octanol–water partition coefficient (Wildman–Crippen LogP) is 2.12. The summed E-state index contributed by atoms with van der Waals surface area (Å²) >= 11 is 0. The zero-order valence-electron chi connectivity index (χ0n) is 8.64. The number of hydrogen-bond donors (Lipinski definition) is 0. The van der Waals surface area contributed by atoms with Crippen molar-refractivity contribution >= 4 is 6.09 Å². The molecule has 1 heterocycles. The summed E-state index contributed by atoms with van der Waals surface area (Å²) in [5.41, 5.74) is 2.58. The first kappa shape index (κ1) is 8.77. The van der Waals surface area contributed by atoms with E-state index in [1.54, 1.807) is 0 Å². The number of carbonyl (C=O) groups is 1. The van der Waals surface area contributed by atoms with E-state index in [1.807, 2.05) is 24.0 Å². The lowest BCUT2D eigenvalue weighted by molar-refractivity contribution is 0.132. The molecular formula is C12H13NO2. The van der Waals surface area contributed by atoms with Crippen LogP contribution < -0.4 is 0 Å². The Kier molecular flexibility index (Phi) is 1.75. The summed E-state index contributed by atoms with van der Waals surface area (Å²) in [6.45, 7) is 2.71. The first-order valence-corrected chi connectivity index (χ1v) is 5.36. The van der Waals surface area contributed by atoms with Crippen LogP contribution in [0.4, 0.5) is 4.79 Å². The molecule has 1 aromatic carbocycles. The Balaban J connectivity index is 2.05. The average molecular weight is 203 g/mol. The highest BCUT2D eigenvalue weighted by molar-refractivity contribution is 5.72. The summed E-state index contributed by atoms with van der Waals surface area (Å²) in [7, 11) is 0. The molecule has 2 atom stereocenters. The fraction of sp³-hybridized carbons (Fsp3) is 0.417. The molecule has 1 aliphatic heterocycles. The third-order valence-corrected chi connectivity index (χ3v) is 3.31. The van der Waals surface area contributed by atoms with Crippen LogP contribution in [0.3, 0.4) is 0 Å². The summed E-state index contributed by atoms with van der Waals surface area (Å²) in [4.78, 5) is 13.3. The van der Waals surface area contributed by atoms with E-state index in [1.165, 1.54) is 11.1 Å². The van der Waals surface area contributed by atoms with Crippen molar-refractivity contribution in [1.29, 1.82) is 0 Å². The summed E-state index contributed by atoms with van der Waals surface area (Å²) in [6.07, 6.45) is 0.736. The Hall–Kier alpha value is -1.51. The number of nitrogens with zero attached hydrogens (tertiary/aromatic N) is 1. The largest absolute Gasteiger partial charge is 0.443 e. The number of amides is 1. The highest BCUT2D eigenvalue weighted by atomic mass is 16.6. The fourth-order valence-corrected chi connectivity index (χ4v) is 2.65. The minimum absolute atomic E-state index is 0.0369. The first-order chi connectivity index (χ1) is 7.31. The summed E-state index contributed by atoms with van der Waals surface area (Å²) in [5.74, 6) is 0. The van der Waals surface area contributed by atoms with Gasteiger partial charge >= 0.3 is 6.09 Å². The molecule has 78 valence electrons. The van der Waals surface area contributed by atoms with Gasteiger partial charge in [-0.15, -0.1) is 0 Å². The molecule has 1 fully saturated rings. The molecule has 0 spiro atoms. The van der Waals surface area contributed by atoms with Crippen LogP contribution in [0.2, 0.25) is 0 Å². The summed E-state index contributed by atoms with van der Waals surface area (Å²) in [6, 6.07) is 8.44. The minimum atomic E-state index is -0.165. The number of ether oxygens (including phenoxy) is 1. The highest BCUT2D eigenvalue weighted by Gasteiger charge is 2.46. The van der Waals surface area contributed by atoms with Crippen molar-refractivity contribution in [1.82, 2.24) is 4.90 Å². The van der Waals surface area contributed by atoms with Gasteiger partial charge in [-0.2, -0.15) is 0 Å². The molecule has 3 heteroatoms. The second-order valence-corrected chi connectivity index (χ2v) is 4.06. The maximum absolute atomic E-state index is 11.5. The van der Waals surface area contributed by atoms with Crippen LogP contribution in [0, 0.1) is 0 Å². The predicted molar refractivity (Wildman–Crippen MR) is 55.5 cm³/mol. The Morgan fingerprint density at radius 3 is 3.07 bits per heavy atom. The Labute approximate surface area is 88.6 Å². The molecule has 15 heavy (non-hydrogen) atoms. The normalized spacial score (nSPS) is 27.5. The standard InChI is InChI=1S/C12H13NO2/c1-2-13-11-9-6-4-3-5-8(9)7-10(11)15-12(13)14/h3-6,10-11H,2,7H2,1H3. The molecule has 0 bridgehead atoms. The molecule has 0 radical (unpaired) electrons. The number of rotatable bonds is 1. The SMILES string of the molecule is CCN1C(=O)OC2Cc3ccccc3C21. The van der Waals surface area contributed by atoms with Crippen molar-refractivity contribution in [2.75, 3.05) is 6.54 Å². The Morgan fingerprint density at radius 2 is 2.27 bits per heavy atom. The van der Waals surface area contributed by atoms with E-state index in [2.05, 4.69) is 12.1 Å². The van der Waals surface area contributed by atoms with Gasteiger partial charge in [0, 0.05) is 13.0 Å². The zero-order chi connectivity index (χ0) is 10.4. The first-order valence-electron chi connectivity index (χ1n) is 5.36. The third-order valence-electron chi connectivity index (χ3n) is 3.31. The fourth-order valence-electron chi connectivity index (χ4n) is 2.65. The lowest BCUT2D eigenvalue weighted by Crippen LogP contribution is -2.27. The van der Waals surface area contributed by atoms with Gasteiger partial charge in [0.15, 0.2) is 0 Å². The van der Waals surface area contributed by atoms with Crippen molar-refractivity contribution in [3.05, 3.63) is 35.4 Å². The van der Waals surface area contributed by atoms with E-state index >= 15 is 0 Å². The molecule has 0 N–H and O–H groups in total. The molecule has 1 aliphatic carbocycles. The van der Waals surface area contributed by atoms with Gasteiger partial charge < -0.3 is 4.74 Å². The van der Waals surface area contributed by atoms with E-state index < -0.39 is 0 Å². The maximum Gasteiger partial charge on any atom is 0.410 e. The zero-order valence-corrected chi connectivity index (χ0v) is 8.64. The van der Waals surface area contributed by atoms with E-state index in [0.29, 0.717) is 6.54 Å². The quantitative estimate of drug-likeness (QED) is 0.699. The Bertz CT molecular complexity index is 416. The van der Waals surface area contributed by atoms with Gasteiger partial charge in [0.25, 0.3) is 0 Å². The van der Waals surface area contributed by atoms with Crippen molar-refractivity contribution in [2.24, 2.45) is 0 Å². The second-order valence-electron chi connectivity index (χ2n) is 4.06. The number of carbonyl (C=O) groups excluding carboxylic acids is 1. The van der Waals surface area contributed by atoms with Gasteiger partial charge in [0.1, 0.15) is 6.10 Å². The van der Waals surface area contributed by atoms with Crippen LogP contribution in [0.25, 0.3) is 0 Å². The minimum Gasteiger partial charge on any atom is -0.443 e. The van der Waals surface area contributed by atoms with Crippen LogP contribution in [0.1, 0.15) is 24.1 Å². The van der Waals surface area contributed by atoms with Gasteiger partial charge in [-0.25, -0.2) is 4.79 Å². The van der Waals surface area contributed by atoms with E-state index in [9.17, 15) is 4.79 Å². The van der Waals surface area contributed by atoms with Gasteiger partial charge in [-0.1, -0.05) is 24.3 Å². The third kappa shape index (κ3) is 1.09. The van der Waals surface area contributed by atoms with E-state index in [0.717, 1.165) is 6.42 Å². The lowest BCUT2D eigenvalue weighted by Gasteiger charge is -2.19. The highest BCUT2D eigenvalue weighted by Crippen LogP contribution is 2.42. The molecule has 0 saturated carbocycles. The monoisotopic (exact) mass is 203 g/mol. The molecule has 1 amide bonds. The lowest BCUT2D eigenvalue weighted by atomic mass is 10.1. The van der Waals surface area contributed by atoms with Gasteiger partial charge in [-0.05, 0) is 18.1 Å². The molecule has 3 nitrogen and oxygen atoms in total. The molecular weight excluding hydrogens is 190 g/mol. The van der Waals surface area contributed by atoms with Crippen LogP contribution >= 0.6 is 0 Å². The number of hydrogen-bond acceptors (Lipinski definition) is 2. The summed E-state index contributed by atoms with van der Waals surface area (Å²) < 4.78 is 5.36. The topological polar surface area (TPSA) is 29.5 Å². The van der Waals surface area contributed by atoms with Crippen molar-refractivity contribution < 1.29 is 9.53 Å². The summed E-state index contributed by atoms with van der Waals surface area (Å²) in [5, 5.41) is 0. The van der Waals surface area contributed by atoms with Crippen LogP contribution in [0.5, 0.6) is 0 Å². The average Bonchev–Trinajstić information content (AvgIpc) is 2.72. The van der Waals surface area contributed by atoms with Crippen LogP contribution in [-0.2, 0) is 11.2 Å². The smallest absolute Gasteiger partial charge is 0.410 e. The molecule has 1 aromatic rings. The van der Waals surface area contributed by atoms with Crippen LogP contribution in [-0.4, -0.2) is 23.6 Å². The van der Waals surface area contributed by atoms with Crippen LogP contribution in [0.15, 0.2) is 24.3 Å². The van der Waals surface area contributed by atoms with Gasteiger partial charge in [-0.3, -0.25) is 4.90 Å². The van der Waals surface area contributed by atoms with Crippen molar-refractivity contribution in [2.45, 2.75) is 25.5 Å². The molecule has 2 unspecified atom stereocenters. The van der Waals surface area contributed by atoms with Gasteiger partial charge in [0.2, 0.25) is 0 Å². The molecule has 1 saturated heterocycles. The Morgan fingerprint density at radius 1 is 1.47 bits per heavy atom. The van der Waals surface area contributed by atoms with Crippen molar-refractivity contribution in [3.8, 4) is 0 Å². The van der Waals surface area contributed by atoms with Crippen molar-refractivity contribution in [3.63, 3.8) is 0 Å². The number of likely N-dealkylation sites (N-methyl/N-ethyl adjacent to an activating group) is 1. The number of fused-ring (bicyclic) bond motifs is 3. The molecule has 2 aliphatic rings. The molecule has 0 aromatic heterocycles. The van der Waals surface area contributed by atoms with E-state index in [-0.39, 0.29) is 18.2 Å². The number of benzene rings is 1. The molecule has 3 rings (SSSR count). The maximum atomic E-state index is 11.5.